The van der Waals surface area contributed by atoms with Crippen LogP contribution in [0.3, 0.4) is 0 Å². The lowest BCUT2D eigenvalue weighted by Crippen LogP contribution is -2.52. The van der Waals surface area contributed by atoms with Gasteiger partial charge in [-0.2, -0.15) is 0 Å². The highest BCUT2D eigenvalue weighted by molar-refractivity contribution is 5.92. The summed E-state index contributed by atoms with van der Waals surface area (Å²) in [7, 11) is 0. The molecular formula is C28H30N4O2. The van der Waals surface area contributed by atoms with E-state index in [0.717, 1.165) is 55.9 Å². The third-order valence-corrected chi connectivity index (χ3v) is 7.44. The van der Waals surface area contributed by atoms with Gasteiger partial charge in [0, 0.05) is 61.3 Å². The Bertz CT molecular complexity index is 1350. The molecule has 6 heteroatoms. The maximum atomic E-state index is 12.1. The smallest absolute Gasteiger partial charge is 0.338 e. The molecule has 2 fully saturated rings. The van der Waals surface area contributed by atoms with Crippen molar-refractivity contribution in [1.29, 1.82) is 0 Å². The highest BCUT2D eigenvalue weighted by atomic mass is 16.4. The van der Waals surface area contributed by atoms with Crippen molar-refractivity contribution >= 4 is 33.2 Å². The molecule has 174 valence electrons. The van der Waals surface area contributed by atoms with E-state index in [2.05, 4.69) is 45.4 Å². The number of fused-ring (bicyclic) bond motifs is 2. The van der Waals surface area contributed by atoms with Gasteiger partial charge in [-0.1, -0.05) is 36.4 Å². The first-order valence-corrected chi connectivity index (χ1v) is 12.4. The number of nitrogens with zero attached hydrogens (tertiary/aromatic N) is 3. The van der Waals surface area contributed by atoms with Gasteiger partial charge in [0.25, 0.3) is 0 Å². The summed E-state index contributed by atoms with van der Waals surface area (Å²) in [6, 6.07) is 20.9. The molecule has 2 aromatic heterocycles. The number of pyridine rings is 1. The van der Waals surface area contributed by atoms with Gasteiger partial charge >= 0.3 is 5.63 Å². The Morgan fingerprint density at radius 3 is 2.59 bits per heavy atom. The molecule has 6 rings (SSSR count). The number of benzene rings is 2. The number of hydrogen-bond acceptors (Lipinski definition) is 6. The summed E-state index contributed by atoms with van der Waals surface area (Å²) in [5.74, 6) is 1.11. The van der Waals surface area contributed by atoms with E-state index in [1.807, 2.05) is 30.5 Å². The van der Waals surface area contributed by atoms with Crippen LogP contribution < -0.4 is 15.8 Å². The highest BCUT2D eigenvalue weighted by Gasteiger charge is 2.30. The summed E-state index contributed by atoms with van der Waals surface area (Å²) in [6.07, 6.45) is 6.59. The van der Waals surface area contributed by atoms with Gasteiger partial charge in [0.15, 0.2) is 0 Å². The third kappa shape index (κ3) is 4.14. The Morgan fingerprint density at radius 1 is 0.912 bits per heavy atom. The van der Waals surface area contributed by atoms with Gasteiger partial charge in [-0.15, -0.1) is 0 Å². The van der Waals surface area contributed by atoms with E-state index in [0.29, 0.717) is 17.7 Å². The standard InChI is InChI=1S/C28H30N4O2/c33-27-19-25(24-10-3-4-11-26(24)34-27)30-21-7-5-8-22(18-21)31-14-16-32(17-15-31)28-23-9-2-1-6-20(23)12-13-29-28/h1-4,6,9-13,19,21-22,30H,5,7-8,14-18H2. The second-order valence-electron chi connectivity index (χ2n) is 9.52. The van der Waals surface area contributed by atoms with Crippen LogP contribution in [0.25, 0.3) is 21.7 Å². The monoisotopic (exact) mass is 454 g/mol. The first-order valence-electron chi connectivity index (χ1n) is 12.4. The summed E-state index contributed by atoms with van der Waals surface area (Å²) in [5, 5.41) is 7.14. The minimum absolute atomic E-state index is 0.299. The topological polar surface area (TPSA) is 61.6 Å². The minimum Gasteiger partial charge on any atom is -0.423 e. The molecular weight excluding hydrogens is 424 g/mol. The molecule has 1 saturated heterocycles. The average molecular weight is 455 g/mol. The number of para-hydroxylation sites is 1. The number of nitrogens with one attached hydrogen (secondary N) is 1. The van der Waals surface area contributed by atoms with E-state index < -0.39 is 0 Å². The summed E-state index contributed by atoms with van der Waals surface area (Å²) in [5.41, 5.74) is 1.24. The molecule has 2 aliphatic rings. The van der Waals surface area contributed by atoms with Crippen LogP contribution in [0.1, 0.15) is 25.7 Å². The summed E-state index contributed by atoms with van der Waals surface area (Å²) in [4.78, 5) is 21.9. The SMILES string of the molecule is O=c1cc(NC2CCCC(N3CCN(c4nccc5ccccc45)CC3)C2)c2ccccc2o1. The van der Waals surface area contributed by atoms with E-state index in [-0.39, 0.29) is 5.63 Å². The van der Waals surface area contributed by atoms with Crippen molar-refractivity contribution in [2.24, 2.45) is 0 Å². The second kappa shape index (κ2) is 9.11. The van der Waals surface area contributed by atoms with Gasteiger partial charge in [0.05, 0.1) is 5.69 Å². The Kier molecular flexibility index (Phi) is 5.67. The maximum Gasteiger partial charge on any atom is 0.338 e. The zero-order valence-corrected chi connectivity index (χ0v) is 19.3. The van der Waals surface area contributed by atoms with Crippen LogP contribution in [0.15, 0.2) is 76.1 Å². The van der Waals surface area contributed by atoms with Crippen molar-refractivity contribution < 1.29 is 4.42 Å². The Labute approximate surface area is 199 Å². The molecule has 4 aromatic rings. The van der Waals surface area contributed by atoms with Crippen LogP contribution >= 0.6 is 0 Å². The summed E-state index contributed by atoms with van der Waals surface area (Å²) >= 11 is 0. The lowest BCUT2D eigenvalue weighted by Gasteiger charge is -2.43. The average Bonchev–Trinajstić information content (AvgIpc) is 2.88. The Balaban J connectivity index is 1.13. The maximum absolute atomic E-state index is 12.1. The molecule has 1 N–H and O–H groups in total. The van der Waals surface area contributed by atoms with Crippen molar-refractivity contribution in [3.63, 3.8) is 0 Å². The number of piperazine rings is 1. The number of hydrogen-bond donors (Lipinski definition) is 1. The molecule has 1 aliphatic heterocycles. The number of rotatable bonds is 4. The zero-order valence-electron chi connectivity index (χ0n) is 19.3. The molecule has 6 nitrogen and oxygen atoms in total. The van der Waals surface area contributed by atoms with Gasteiger partial charge in [0.2, 0.25) is 0 Å². The van der Waals surface area contributed by atoms with Crippen molar-refractivity contribution in [2.45, 2.75) is 37.8 Å². The fourth-order valence-corrected chi connectivity index (χ4v) is 5.73. The predicted octanol–water partition coefficient (Wildman–Crippen LogP) is 4.89. The molecule has 1 aliphatic carbocycles. The van der Waals surface area contributed by atoms with E-state index in [4.69, 9.17) is 9.40 Å². The fraction of sp³-hybridized carbons (Fsp3) is 0.357. The molecule has 2 atom stereocenters. The predicted molar refractivity (Wildman–Crippen MR) is 138 cm³/mol. The van der Waals surface area contributed by atoms with E-state index in [1.165, 1.54) is 23.6 Å². The van der Waals surface area contributed by atoms with Crippen molar-refractivity contribution in [3.8, 4) is 0 Å². The molecule has 0 spiro atoms. The molecule has 0 radical (unpaired) electrons. The molecule has 2 unspecified atom stereocenters. The van der Waals surface area contributed by atoms with Crippen LogP contribution in [0, 0.1) is 0 Å². The summed E-state index contributed by atoms with van der Waals surface area (Å²) in [6.45, 7) is 4.11. The van der Waals surface area contributed by atoms with Crippen molar-refractivity contribution in [2.75, 3.05) is 36.4 Å². The molecule has 0 amide bonds. The zero-order chi connectivity index (χ0) is 22.9. The summed E-state index contributed by atoms with van der Waals surface area (Å²) < 4.78 is 5.37. The van der Waals surface area contributed by atoms with E-state index in [9.17, 15) is 4.79 Å². The van der Waals surface area contributed by atoms with Crippen LogP contribution in [0.2, 0.25) is 0 Å². The van der Waals surface area contributed by atoms with Crippen LogP contribution in [0.5, 0.6) is 0 Å². The lowest BCUT2D eigenvalue weighted by molar-refractivity contribution is 0.143. The van der Waals surface area contributed by atoms with Crippen LogP contribution in [-0.4, -0.2) is 48.1 Å². The van der Waals surface area contributed by atoms with E-state index in [1.54, 1.807) is 6.07 Å². The van der Waals surface area contributed by atoms with Crippen LogP contribution in [0.4, 0.5) is 11.5 Å². The fourth-order valence-electron chi connectivity index (χ4n) is 5.73. The molecule has 0 bridgehead atoms. The molecule has 1 saturated carbocycles. The quantitative estimate of drug-likeness (QED) is 0.443. The molecule has 3 heterocycles. The van der Waals surface area contributed by atoms with Crippen molar-refractivity contribution in [3.05, 3.63) is 77.3 Å². The first-order chi connectivity index (χ1) is 16.7. The third-order valence-electron chi connectivity index (χ3n) is 7.44. The van der Waals surface area contributed by atoms with Crippen molar-refractivity contribution in [1.82, 2.24) is 9.88 Å². The molecule has 2 aromatic carbocycles. The Hall–Kier alpha value is -3.38. The number of anilines is 2. The van der Waals surface area contributed by atoms with Gasteiger partial charge < -0.3 is 14.6 Å². The normalized spacial score (nSPS) is 21.7. The lowest BCUT2D eigenvalue weighted by atomic mass is 9.89. The second-order valence-corrected chi connectivity index (χ2v) is 9.52. The minimum atomic E-state index is -0.299. The van der Waals surface area contributed by atoms with Gasteiger partial charge in [-0.25, -0.2) is 9.78 Å². The van der Waals surface area contributed by atoms with Crippen LogP contribution in [-0.2, 0) is 0 Å². The highest BCUT2D eigenvalue weighted by Crippen LogP contribution is 2.30. The molecule has 34 heavy (non-hydrogen) atoms. The Morgan fingerprint density at radius 2 is 1.71 bits per heavy atom. The van der Waals surface area contributed by atoms with Gasteiger partial charge in [-0.3, -0.25) is 4.90 Å². The largest absolute Gasteiger partial charge is 0.423 e. The first kappa shape index (κ1) is 21.2. The van der Waals surface area contributed by atoms with E-state index >= 15 is 0 Å². The van der Waals surface area contributed by atoms with Gasteiger partial charge in [0.1, 0.15) is 11.4 Å². The van der Waals surface area contributed by atoms with Gasteiger partial charge in [-0.05, 0) is 49.3 Å². The number of aromatic nitrogens is 1.